The molecule has 0 aromatic rings. The van der Waals surface area contributed by atoms with Crippen molar-refractivity contribution in [2.45, 2.75) is 39.0 Å². The zero-order chi connectivity index (χ0) is 11.6. The highest BCUT2D eigenvalue weighted by molar-refractivity contribution is 4.71. The Morgan fingerprint density at radius 1 is 1.38 bits per heavy atom. The molecule has 1 atom stereocenters. The van der Waals surface area contributed by atoms with Crippen LogP contribution in [0, 0.1) is 11.8 Å². The van der Waals surface area contributed by atoms with Gasteiger partial charge in [-0.25, -0.2) is 0 Å². The predicted octanol–water partition coefficient (Wildman–Crippen LogP) is 1.77. The van der Waals surface area contributed by atoms with E-state index < -0.39 is 0 Å². The summed E-state index contributed by atoms with van der Waals surface area (Å²) in [6.07, 6.45) is 6.29. The number of hydrogen-bond donors (Lipinski definition) is 2. The van der Waals surface area contributed by atoms with E-state index in [1.165, 1.54) is 19.3 Å². The summed E-state index contributed by atoms with van der Waals surface area (Å²) in [5.74, 6) is 1.64. The van der Waals surface area contributed by atoms with Gasteiger partial charge >= 0.3 is 0 Å². The molecule has 16 heavy (non-hydrogen) atoms. The number of ether oxygens (including phenoxy) is 1. The van der Waals surface area contributed by atoms with Crippen LogP contribution in [0.3, 0.4) is 0 Å². The molecule has 0 heterocycles. The first-order chi connectivity index (χ1) is 7.83. The van der Waals surface area contributed by atoms with Crippen molar-refractivity contribution in [2.75, 3.05) is 32.8 Å². The minimum Gasteiger partial charge on any atom is -0.381 e. The molecule has 1 unspecified atom stereocenters. The normalized spacial score (nSPS) is 17.6. The van der Waals surface area contributed by atoms with Gasteiger partial charge in [-0.1, -0.05) is 6.92 Å². The van der Waals surface area contributed by atoms with Crippen molar-refractivity contribution in [3.8, 4) is 0 Å². The van der Waals surface area contributed by atoms with Crippen molar-refractivity contribution in [2.24, 2.45) is 17.6 Å². The highest BCUT2D eigenvalue weighted by Crippen LogP contribution is 2.28. The van der Waals surface area contributed by atoms with E-state index in [2.05, 4.69) is 12.2 Å². The van der Waals surface area contributed by atoms with Gasteiger partial charge in [0.25, 0.3) is 0 Å². The van der Waals surface area contributed by atoms with Crippen LogP contribution in [0.2, 0.25) is 0 Å². The Kier molecular flexibility index (Phi) is 7.81. The molecule has 0 aromatic carbocycles. The first-order valence-corrected chi connectivity index (χ1v) is 6.81. The molecule has 1 aliphatic carbocycles. The maximum atomic E-state index is 5.57. The third-order valence-corrected chi connectivity index (χ3v) is 3.09. The van der Waals surface area contributed by atoms with Crippen molar-refractivity contribution in [1.82, 2.24) is 5.32 Å². The fourth-order valence-corrected chi connectivity index (χ4v) is 1.75. The topological polar surface area (TPSA) is 47.3 Å². The van der Waals surface area contributed by atoms with Crippen LogP contribution in [0.4, 0.5) is 0 Å². The van der Waals surface area contributed by atoms with E-state index in [4.69, 9.17) is 10.5 Å². The van der Waals surface area contributed by atoms with Crippen LogP contribution >= 0.6 is 0 Å². The van der Waals surface area contributed by atoms with Crippen molar-refractivity contribution in [3.63, 3.8) is 0 Å². The van der Waals surface area contributed by atoms with E-state index in [9.17, 15) is 0 Å². The summed E-state index contributed by atoms with van der Waals surface area (Å²) >= 11 is 0. The van der Waals surface area contributed by atoms with Gasteiger partial charge in [-0.2, -0.15) is 0 Å². The molecule has 0 bridgehead atoms. The van der Waals surface area contributed by atoms with Crippen LogP contribution < -0.4 is 11.1 Å². The van der Waals surface area contributed by atoms with Crippen LogP contribution in [0.5, 0.6) is 0 Å². The lowest BCUT2D eigenvalue weighted by Gasteiger charge is -2.11. The summed E-state index contributed by atoms with van der Waals surface area (Å²) in [7, 11) is 0. The second-order valence-corrected chi connectivity index (χ2v) is 5.11. The lowest BCUT2D eigenvalue weighted by Crippen LogP contribution is -2.23. The Hall–Kier alpha value is -0.120. The van der Waals surface area contributed by atoms with Crippen LogP contribution in [0.15, 0.2) is 0 Å². The SMILES string of the molecule is CC(CCCN)CNCCCOCC1CC1. The number of rotatable bonds is 11. The summed E-state index contributed by atoms with van der Waals surface area (Å²) in [5.41, 5.74) is 5.48. The third kappa shape index (κ3) is 8.08. The molecule has 1 rings (SSSR count). The lowest BCUT2D eigenvalue weighted by atomic mass is 10.1. The molecular weight excluding hydrogens is 200 g/mol. The molecule has 0 saturated heterocycles. The van der Waals surface area contributed by atoms with Crippen LogP contribution in [0.25, 0.3) is 0 Å². The number of hydrogen-bond acceptors (Lipinski definition) is 3. The first kappa shape index (κ1) is 13.9. The Labute approximate surface area is 100 Å². The number of nitrogens with two attached hydrogens (primary N) is 1. The average molecular weight is 228 g/mol. The predicted molar refractivity (Wildman–Crippen MR) is 68.5 cm³/mol. The van der Waals surface area contributed by atoms with Crippen molar-refractivity contribution < 1.29 is 4.74 Å². The molecule has 1 saturated carbocycles. The van der Waals surface area contributed by atoms with Gasteiger partial charge in [0.1, 0.15) is 0 Å². The quantitative estimate of drug-likeness (QED) is 0.530. The second kappa shape index (κ2) is 8.97. The largest absolute Gasteiger partial charge is 0.381 e. The van der Waals surface area contributed by atoms with Gasteiger partial charge in [-0.05, 0) is 63.6 Å². The monoisotopic (exact) mass is 228 g/mol. The summed E-state index contributed by atoms with van der Waals surface area (Å²) in [5, 5.41) is 3.48. The van der Waals surface area contributed by atoms with Crippen LogP contribution in [-0.4, -0.2) is 32.8 Å². The standard InChI is InChI=1S/C13H28N2O/c1-12(4-2-7-14)10-15-8-3-9-16-11-13-5-6-13/h12-13,15H,2-11,14H2,1H3. The first-order valence-electron chi connectivity index (χ1n) is 6.81. The minimum absolute atomic E-state index is 0.746. The Morgan fingerprint density at radius 3 is 2.88 bits per heavy atom. The summed E-state index contributed by atoms with van der Waals surface area (Å²) < 4.78 is 5.57. The Bertz CT molecular complexity index is 160. The minimum atomic E-state index is 0.746. The molecule has 3 N–H and O–H groups in total. The van der Waals surface area contributed by atoms with Crippen LogP contribution in [0.1, 0.15) is 39.0 Å². The molecule has 3 nitrogen and oxygen atoms in total. The zero-order valence-corrected chi connectivity index (χ0v) is 10.7. The van der Waals surface area contributed by atoms with Gasteiger partial charge in [0.05, 0.1) is 0 Å². The summed E-state index contributed by atoms with van der Waals surface area (Å²) in [6, 6.07) is 0. The smallest absolute Gasteiger partial charge is 0.0494 e. The molecule has 0 aromatic heterocycles. The van der Waals surface area contributed by atoms with E-state index >= 15 is 0 Å². The van der Waals surface area contributed by atoms with Gasteiger partial charge in [0, 0.05) is 13.2 Å². The van der Waals surface area contributed by atoms with E-state index in [1.807, 2.05) is 0 Å². The van der Waals surface area contributed by atoms with Crippen molar-refractivity contribution >= 4 is 0 Å². The van der Waals surface area contributed by atoms with Gasteiger partial charge in [0.15, 0.2) is 0 Å². The maximum Gasteiger partial charge on any atom is 0.0494 e. The van der Waals surface area contributed by atoms with Crippen molar-refractivity contribution in [3.05, 3.63) is 0 Å². The van der Waals surface area contributed by atoms with Gasteiger partial charge in [0.2, 0.25) is 0 Å². The molecule has 0 amide bonds. The Balaban J connectivity index is 1.72. The molecule has 1 fully saturated rings. The molecule has 0 radical (unpaired) electrons. The Morgan fingerprint density at radius 2 is 2.19 bits per heavy atom. The van der Waals surface area contributed by atoms with E-state index in [1.54, 1.807) is 0 Å². The molecule has 3 heteroatoms. The van der Waals surface area contributed by atoms with E-state index in [0.717, 1.165) is 57.5 Å². The molecule has 96 valence electrons. The summed E-state index contributed by atoms with van der Waals surface area (Å²) in [4.78, 5) is 0. The number of nitrogens with one attached hydrogen (secondary N) is 1. The second-order valence-electron chi connectivity index (χ2n) is 5.11. The fraction of sp³-hybridized carbons (Fsp3) is 1.00. The maximum absolute atomic E-state index is 5.57. The van der Waals surface area contributed by atoms with E-state index in [0.29, 0.717) is 0 Å². The fourth-order valence-electron chi connectivity index (χ4n) is 1.75. The van der Waals surface area contributed by atoms with Gasteiger partial charge in [-0.15, -0.1) is 0 Å². The third-order valence-electron chi connectivity index (χ3n) is 3.09. The summed E-state index contributed by atoms with van der Waals surface area (Å²) in [6.45, 7) is 7.21. The molecule has 1 aliphatic rings. The molecule has 0 spiro atoms. The highest BCUT2D eigenvalue weighted by atomic mass is 16.5. The lowest BCUT2D eigenvalue weighted by molar-refractivity contribution is 0.122. The van der Waals surface area contributed by atoms with Crippen molar-refractivity contribution in [1.29, 1.82) is 0 Å². The zero-order valence-electron chi connectivity index (χ0n) is 10.7. The van der Waals surface area contributed by atoms with Gasteiger partial charge < -0.3 is 15.8 Å². The van der Waals surface area contributed by atoms with Crippen LogP contribution in [-0.2, 0) is 4.74 Å². The highest BCUT2D eigenvalue weighted by Gasteiger charge is 2.20. The average Bonchev–Trinajstić information content (AvgIpc) is 3.09. The van der Waals surface area contributed by atoms with E-state index in [-0.39, 0.29) is 0 Å². The van der Waals surface area contributed by atoms with Gasteiger partial charge in [-0.3, -0.25) is 0 Å². The molecule has 0 aliphatic heterocycles. The molecular formula is C13H28N2O.